The van der Waals surface area contributed by atoms with Gasteiger partial charge in [0, 0.05) is 43.6 Å². The van der Waals surface area contributed by atoms with Crippen LogP contribution in [-0.4, -0.2) is 43.7 Å². The van der Waals surface area contributed by atoms with E-state index in [1.54, 1.807) is 13.3 Å². The smallest absolute Gasteiger partial charge is 0.213 e. The quantitative estimate of drug-likeness (QED) is 0.617. The van der Waals surface area contributed by atoms with E-state index >= 15 is 0 Å². The van der Waals surface area contributed by atoms with Crippen molar-refractivity contribution in [3.8, 4) is 5.88 Å². The molecule has 6 heteroatoms. The van der Waals surface area contributed by atoms with E-state index in [1.165, 1.54) is 5.69 Å². The van der Waals surface area contributed by atoms with Crippen molar-refractivity contribution in [2.45, 2.75) is 25.9 Å². The highest BCUT2D eigenvalue weighted by atomic mass is 16.5. The summed E-state index contributed by atoms with van der Waals surface area (Å²) in [6.07, 6.45) is 2.85. The van der Waals surface area contributed by atoms with Crippen molar-refractivity contribution < 1.29 is 4.74 Å². The van der Waals surface area contributed by atoms with E-state index in [9.17, 15) is 0 Å². The van der Waals surface area contributed by atoms with Gasteiger partial charge in [-0.15, -0.1) is 0 Å². The summed E-state index contributed by atoms with van der Waals surface area (Å²) in [5.41, 5.74) is 2.36. The molecule has 2 N–H and O–H groups in total. The number of aliphatic imine (C=N–C) groups is 1. The van der Waals surface area contributed by atoms with Gasteiger partial charge in [-0.3, -0.25) is 0 Å². The highest BCUT2D eigenvalue weighted by molar-refractivity contribution is 5.80. The molecule has 138 valence electrons. The number of aromatic nitrogens is 1. The molecule has 1 aliphatic heterocycles. The van der Waals surface area contributed by atoms with E-state index in [0.717, 1.165) is 37.6 Å². The maximum atomic E-state index is 5.17. The van der Waals surface area contributed by atoms with Crippen LogP contribution in [0.2, 0.25) is 0 Å². The minimum atomic E-state index is 0.389. The summed E-state index contributed by atoms with van der Waals surface area (Å²) in [6.45, 7) is 5.54. The highest BCUT2D eigenvalue weighted by Gasteiger charge is 2.23. The Morgan fingerprint density at radius 1 is 1.31 bits per heavy atom. The van der Waals surface area contributed by atoms with Gasteiger partial charge in [0.25, 0.3) is 0 Å². The Labute approximate surface area is 155 Å². The average Bonchev–Trinajstić information content (AvgIpc) is 3.16. The third-order valence-corrected chi connectivity index (χ3v) is 4.42. The number of hydrogen-bond donors (Lipinski definition) is 2. The van der Waals surface area contributed by atoms with Crippen LogP contribution in [0, 0.1) is 0 Å². The predicted molar refractivity (Wildman–Crippen MR) is 106 cm³/mol. The molecule has 1 aliphatic rings. The number of benzene rings is 1. The van der Waals surface area contributed by atoms with E-state index in [1.807, 2.05) is 12.1 Å². The zero-order valence-corrected chi connectivity index (χ0v) is 15.5. The van der Waals surface area contributed by atoms with Crippen LogP contribution in [0.4, 0.5) is 5.69 Å². The van der Waals surface area contributed by atoms with Crippen molar-refractivity contribution in [1.82, 2.24) is 15.6 Å². The molecule has 6 nitrogen and oxygen atoms in total. The van der Waals surface area contributed by atoms with Gasteiger partial charge in [-0.1, -0.05) is 18.2 Å². The van der Waals surface area contributed by atoms with Gasteiger partial charge < -0.3 is 20.3 Å². The zero-order valence-electron chi connectivity index (χ0n) is 15.5. The standard InChI is InChI=1S/C20H27N5O/c1-3-21-20(23-14-16-9-11-22-19(13-16)26-2)24-17-10-12-25(15-17)18-7-5-4-6-8-18/h4-9,11,13,17H,3,10,12,14-15H2,1-2H3,(H2,21,23,24). The molecule has 2 aromatic rings. The zero-order chi connectivity index (χ0) is 18.2. The van der Waals surface area contributed by atoms with E-state index in [2.05, 4.69) is 57.8 Å². The van der Waals surface area contributed by atoms with Gasteiger partial charge in [-0.25, -0.2) is 9.98 Å². The Hall–Kier alpha value is -2.76. The first-order valence-electron chi connectivity index (χ1n) is 9.12. The Kier molecular flexibility index (Phi) is 6.30. The van der Waals surface area contributed by atoms with Crippen molar-refractivity contribution >= 4 is 11.6 Å². The molecule has 0 saturated carbocycles. The van der Waals surface area contributed by atoms with Gasteiger partial charge in [0.2, 0.25) is 5.88 Å². The molecule has 26 heavy (non-hydrogen) atoms. The summed E-state index contributed by atoms with van der Waals surface area (Å²) >= 11 is 0. The molecule has 1 fully saturated rings. The highest BCUT2D eigenvalue weighted by Crippen LogP contribution is 2.19. The maximum absolute atomic E-state index is 5.17. The second kappa shape index (κ2) is 9.08. The van der Waals surface area contributed by atoms with E-state index in [-0.39, 0.29) is 0 Å². The molecule has 1 aromatic heterocycles. The fourth-order valence-electron chi connectivity index (χ4n) is 3.10. The Morgan fingerprint density at radius 2 is 2.15 bits per heavy atom. The van der Waals surface area contributed by atoms with Crippen molar-refractivity contribution in [3.63, 3.8) is 0 Å². The van der Waals surface area contributed by atoms with Gasteiger partial charge in [0.15, 0.2) is 5.96 Å². The summed E-state index contributed by atoms with van der Waals surface area (Å²) in [5, 5.41) is 6.90. The third-order valence-electron chi connectivity index (χ3n) is 4.42. The number of hydrogen-bond acceptors (Lipinski definition) is 4. The topological polar surface area (TPSA) is 61.8 Å². The van der Waals surface area contributed by atoms with Crippen LogP contribution in [0.1, 0.15) is 18.9 Å². The van der Waals surface area contributed by atoms with Crippen molar-refractivity contribution in [1.29, 1.82) is 0 Å². The number of anilines is 1. The maximum Gasteiger partial charge on any atom is 0.213 e. The molecule has 0 spiro atoms. The molecule has 0 bridgehead atoms. The van der Waals surface area contributed by atoms with Crippen molar-refractivity contribution in [2.24, 2.45) is 4.99 Å². The SMILES string of the molecule is CCNC(=NCc1ccnc(OC)c1)NC1CCN(c2ccccc2)C1. The molecular formula is C20H27N5O. The Balaban J connectivity index is 1.59. The summed E-state index contributed by atoms with van der Waals surface area (Å²) in [6, 6.07) is 14.8. The van der Waals surface area contributed by atoms with Crippen LogP contribution in [0.5, 0.6) is 5.88 Å². The second-order valence-electron chi connectivity index (χ2n) is 6.31. The first kappa shape index (κ1) is 18.0. The number of guanidine groups is 1. The lowest BCUT2D eigenvalue weighted by molar-refractivity contribution is 0.397. The van der Waals surface area contributed by atoms with Crippen LogP contribution in [0.15, 0.2) is 53.7 Å². The lowest BCUT2D eigenvalue weighted by Gasteiger charge is -2.20. The fraction of sp³-hybridized carbons (Fsp3) is 0.400. The van der Waals surface area contributed by atoms with Crippen LogP contribution < -0.4 is 20.3 Å². The van der Waals surface area contributed by atoms with Crippen LogP contribution in [-0.2, 0) is 6.54 Å². The predicted octanol–water partition coefficient (Wildman–Crippen LogP) is 2.42. The minimum Gasteiger partial charge on any atom is -0.481 e. The number of rotatable bonds is 6. The van der Waals surface area contributed by atoms with Crippen LogP contribution >= 0.6 is 0 Å². The fourth-order valence-corrected chi connectivity index (χ4v) is 3.10. The molecule has 1 atom stereocenters. The number of nitrogens with zero attached hydrogens (tertiary/aromatic N) is 3. The first-order chi connectivity index (χ1) is 12.8. The number of ether oxygens (including phenoxy) is 1. The minimum absolute atomic E-state index is 0.389. The third kappa shape index (κ3) is 4.88. The normalized spacial score (nSPS) is 17.2. The molecule has 3 rings (SSSR count). The molecule has 0 radical (unpaired) electrons. The number of methoxy groups -OCH3 is 1. The van der Waals surface area contributed by atoms with Gasteiger partial charge in [0.05, 0.1) is 13.7 Å². The van der Waals surface area contributed by atoms with Crippen molar-refractivity contribution in [2.75, 3.05) is 31.6 Å². The summed E-state index contributed by atoms with van der Waals surface area (Å²) < 4.78 is 5.17. The average molecular weight is 353 g/mol. The monoisotopic (exact) mass is 353 g/mol. The summed E-state index contributed by atoms with van der Waals surface area (Å²) in [5.74, 6) is 1.47. The first-order valence-corrected chi connectivity index (χ1v) is 9.12. The molecule has 0 aliphatic carbocycles. The lowest BCUT2D eigenvalue weighted by atomic mass is 10.2. The molecular weight excluding hydrogens is 326 g/mol. The molecule has 2 heterocycles. The summed E-state index contributed by atoms with van der Waals surface area (Å²) in [4.78, 5) is 11.3. The summed E-state index contributed by atoms with van der Waals surface area (Å²) in [7, 11) is 1.62. The molecule has 1 aromatic carbocycles. The Morgan fingerprint density at radius 3 is 2.92 bits per heavy atom. The molecule has 1 unspecified atom stereocenters. The van der Waals surface area contributed by atoms with Gasteiger partial charge in [-0.05, 0) is 37.1 Å². The van der Waals surface area contributed by atoms with Gasteiger partial charge >= 0.3 is 0 Å². The van der Waals surface area contributed by atoms with Crippen molar-refractivity contribution in [3.05, 3.63) is 54.2 Å². The van der Waals surface area contributed by atoms with E-state index in [0.29, 0.717) is 18.5 Å². The van der Waals surface area contributed by atoms with E-state index in [4.69, 9.17) is 9.73 Å². The second-order valence-corrected chi connectivity index (χ2v) is 6.31. The number of pyridine rings is 1. The van der Waals surface area contributed by atoms with Crippen LogP contribution in [0.3, 0.4) is 0 Å². The van der Waals surface area contributed by atoms with Gasteiger partial charge in [0.1, 0.15) is 0 Å². The number of para-hydroxylation sites is 1. The van der Waals surface area contributed by atoms with Gasteiger partial charge in [-0.2, -0.15) is 0 Å². The molecule has 0 amide bonds. The number of nitrogens with one attached hydrogen (secondary N) is 2. The van der Waals surface area contributed by atoms with Crippen LogP contribution in [0.25, 0.3) is 0 Å². The molecule has 1 saturated heterocycles. The van der Waals surface area contributed by atoms with E-state index < -0.39 is 0 Å². The largest absolute Gasteiger partial charge is 0.481 e. The lowest BCUT2D eigenvalue weighted by Crippen LogP contribution is -2.44. The Bertz CT molecular complexity index is 719.